The first-order chi connectivity index (χ1) is 9.91. The van der Waals surface area contributed by atoms with Gasteiger partial charge in [0.15, 0.2) is 5.82 Å². The molecular weight excluding hydrogens is 297 g/mol. The fourth-order valence-corrected chi connectivity index (χ4v) is 3.77. The zero-order valence-electron chi connectivity index (χ0n) is 11.8. The Morgan fingerprint density at radius 2 is 2.14 bits per heavy atom. The summed E-state index contributed by atoms with van der Waals surface area (Å²) in [5.41, 5.74) is 0. The molecule has 0 aromatic carbocycles. The van der Waals surface area contributed by atoms with Gasteiger partial charge in [-0.25, -0.2) is 17.8 Å². The molecular formula is C13H18FN3O3S. The quantitative estimate of drug-likeness (QED) is 0.889. The molecule has 8 heteroatoms. The number of aromatic nitrogens is 1. The molecule has 1 aromatic rings. The van der Waals surface area contributed by atoms with Crippen molar-refractivity contribution in [3.8, 4) is 0 Å². The number of hydrogen-bond acceptors (Lipinski definition) is 4. The molecule has 2 heterocycles. The summed E-state index contributed by atoms with van der Waals surface area (Å²) in [4.78, 5) is 14.5. The number of hydrogen-bond donors (Lipinski definition) is 1. The largest absolute Gasteiger partial charge is 0.356 e. The summed E-state index contributed by atoms with van der Waals surface area (Å²) in [6, 6.07) is 2.44. The molecule has 21 heavy (non-hydrogen) atoms. The lowest BCUT2D eigenvalue weighted by molar-refractivity contribution is -0.119. The van der Waals surface area contributed by atoms with Crippen LogP contribution in [0, 0.1) is 11.7 Å². The van der Waals surface area contributed by atoms with E-state index in [4.69, 9.17) is 0 Å². The minimum absolute atomic E-state index is 0.0967. The molecule has 0 spiro atoms. The van der Waals surface area contributed by atoms with E-state index in [2.05, 4.69) is 10.3 Å². The van der Waals surface area contributed by atoms with Crippen LogP contribution >= 0.6 is 0 Å². The smallest absolute Gasteiger partial charge is 0.263 e. The van der Waals surface area contributed by atoms with E-state index < -0.39 is 20.9 Å². The Balaban J connectivity index is 2.01. The Kier molecular flexibility index (Phi) is 4.89. The van der Waals surface area contributed by atoms with Crippen LogP contribution in [0.15, 0.2) is 23.4 Å². The number of nitrogens with one attached hydrogen (secondary N) is 1. The van der Waals surface area contributed by atoms with Gasteiger partial charge in [-0.2, -0.15) is 4.31 Å². The van der Waals surface area contributed by atoms with E-state index in [0.29, 0.717) is 32.5 Å². The van der Waals surface area contributed by atoms with E-state index in [1.165, 1.54) is 23.5 Å². The summed E-state index contributed by atoms with van der Waals surface area (Å²) in [5, 5.41) is 2.21. The maximum atomic E-state index is 13.6. The topological polar surface area (TPSA) is 79.4 Å². The van der Waals surface area contributed by atoms with Gasteiger partial charge in [0.1, 0.15) is 0 Å². The molecule has 1 amide bonds. The molecule has 2 rings (SSSR count). The third kappa shape index (κ3) is 3.76. The molecule has 116 valence electrons. The molecule has 1 aliphatic heterocycles. The molecule has 1 N–H and O–H groups in total. The SMILES string of the molecule is CC(=O)NCC1CCN(S(=O)(=O)c2ncccc2F)CC1. The van der Waals surface area contributed by atoms with Crippen LogP contribution in [-0.2, 0) is 14.8 Å². The van der Waals surface area contributed by atoms with Crippen LogP contribution in [0.4, 0.5) is 4.39 Å². The summed E-state index contributed by atoms with van der Waals surface area (Å²) in [6.07, 6.45) is 2.53. The van der Waals surface area contributed by atoms with Crippen molar-refractivity contribution in [1.29, 1.82) is 0 Å². The van der Waals surface area contributed by atoms with E-state index in [1.807, 2.05) is 0 Å². The molecule has 6 nitrogen and oxygen atoms in total. The first kappa shape index (κ1) is 15.8. The van der Waals surface area contributed by atoms with Gasteiger partial charge < -0.3 is 5.32 Å². The van der Waals surface area contributed by atoms with Crippen molar-refractivity contribution in [1.82, 2.24) is 14.6 Å². The second-order valence-electron chi connectivity index (χ2n) is 5.07. The molecule has 0 bridgehead atoms. The molecule has 1 saturated heterocycles. The van der Waals surface area contributed by atoms with Gasteiger partial charge in [0.25, 0.3) is 10.0 Å². The fraction of sp³-hybridized carbons (Fsp3) is 0.538. The third-order valence-corrected chi connectivity index (χ3v) is 5.36. The van der Waals surface area contributed by atoms with E-state index in [-0.39, 0.29) is 11.8 Å². The monoisotopic (exact) mass is 315 g/mol. The molecule has 0 atom stereocenters. The summed E-state index contributed by atoms with van der Waals surface area (Å²) in [6.45, 7) is 2.61. The van der Waals surface area contributed by atoms with Gasteiger partial charge in [-0.15, -0.1) is 0 Å². The number of carbonyl (C=O) groups excluding carboxylic acids is 1. The number of halogens is 1. The second-order valence-corrected chi connectivity index (χ2v) is 6.93. The highest BCUT2D eigenvalue weighted by Crippen LogP contribution is 2.23. The Hall–Kier alpha value is -1.54. The highest BCUT2D eigenvalue weighted by molar-refractivity contribution is 7.89. The van der Waals surface area contributed by atoms with Crippen LogP contribution in [0.2, 0.25) is 0 Å². The molecule has 1 fully saturated rings. The highest BCUT2D eigenvalue weighted by atomic mass is 32.2. The zero-order chi connectivity index (χ0) is 15.5. The average Bonchev–Trinajstić information content (AvgIpc) is 2.46. The number of piperidine rings is 1. The first-order valence-electron chi connectivity index (χ1n) is 6.76. The summed E-state index contributed by atoms with van der Waals surface area (Å²) in [5.74, 6) is -0.688. The van der Waals surface area contributed by atoms with Crippen molar-refractivity contribution < 1.29 is 17.6 Å². The minimum Gasteiger partial charge on any atom is -0.356 e. The van der Waals surface area contributed by atoms with Gasteiger partial charge in [0.05, 0.1) is 0 Å². The zero-order valence-corrected chi connectivity index (χ0v) is 12.6. The number of pyridine rings is 1. The summed E-state index contributed by atoms with van der Waals surface area (Å²) < 4.78 is 39.5. The van der Waals surface area contributed by atoms with Crippen LogP contribution in [0.25, 0.3) is 0 Å². The summed E-state index contributed by atoms with van der Waals surface area (Å²) >= 11 is 0. The van der Waals surface area contributed by atoms with Crippen LogP contribution in [0.3, 0.4) is 0 Å². The number of nitrogens with zero attached hydrogens (tertiary/aromatic N) is 2. The molecule has 0 unspecified atom stereocenters. The standard InChI is InChI=1S/C13H18FN3O3S/c1-10(18)16-9-11-4-7-17(8-5-11)21(19,20)13-12(14)3-2-6-15-13/h2-3,6,11H,4-5,7-9H2,1H3,(H,16,18). The average molecular weight is 315 g/mol. The number of carbonyl (C=O) groups is 1. The van der Waals surface area contributed by atoms with Gasteiger partial charge >= 0.3 is 0 Å². The normalized spacial score (nSPS) is 17.6. The third-order valence-electron chi connectivity index (χ3n) is 3.52. The van der Waals surface area contributed by atoms with Crippen molar-refractivity contribution in [2.24, 2.45) is 5.92 Å². The van der Waals surface area contributed by atoms with Gasteiger partial charge in [0.2, 0.25) is 10.9 Å². The van der Waals surface area contributed by atoms with Crippen molar-refractivity contribution in [2.75, 3.05) is 19.6 Å². The maximum Gasteiger partial charge on any atom is 0.263 e. The first-order valence-corrected chi connectivity index (χ1v) is 8.20. The molecule has 1 aliphatic rings. The lowest BCUT2D eigenvalue weighted by Crippen LogP contribution is -2.41. The molecule has 0 aliphatic carbocycles. The Morgan fingerprint density at radius 1 is 1.48 bits per heavy atom. The van der Waals surface area contributed by atoms with Crippen molar-refractivity contribution >= 4 is 15.9 Å². The lowest BCUT2D eigenvalue weighted by atomic mass is 9.98. The second kappa shape index (κ2) is 6.48. The number of rotatable bonds is 4. The van der Waals surface area contributed by atoms with Crippen LogP contribution in [0.1, 0.15) is 19.8 Å². The minimum atomic E-state index is -3.89. The van der Waals surface area contributed by atoms with Gasteiger partial charge in [-0.3, -0.25) is 4.79 Å². The predicted molar refractivity (Wildman–Crippen MR) is 74.4 cm³/mol. The number of amides is 1. The van der Waals surface area contributed by atoms with E-state index in [0.717, 1.165) is 6.07 Å². The lowest BCUT2D eigenvalue weighted by Gasteiger charge is -2.30. The fourth-order valence-electron chi connectivity index (χ4n) is 2.33. The Bertz CT molecular complexity index is 613. The van der Waals surface area contributed by atoms with Crippen molar-refractivity contribution in [3.63, 3.8) is 0 Å². The van der Waals surface area contributed by atoms with Crippen molar-refractivity contribution in [2.45, 2.75) is 24.8 Å². The van der Waals surface area contributed by atoms with Crippen LogP contribution < -0.4 is 5.32 Å². The number of sulfonamides is 1. The van der Waals surface area contributed by atoms with E-state index >= 15 is 0 Å². The Morgan fingerprint density at radius 3 is 2.71 bits per heavy atom. The van der Waals surface area contributed by atoms with E-state index in [1.54, 1.807) is 0 Å². The molecule has 0 radical (unpaired) electrons. The van der Waals surface area contributed by atoms with Gasteiger partial charge in [-0.1, -0.05) is 0 Å². The predicted octanol–water partition coefficient (Wildman–Crippen LogP) is 0.758. The van der Waals surface area contributed by atoms with Gasteiger partial charge in [0, 0.05) is 32.8 Å². The van der Waals surface area contributed by atoms with E-state index in [9.17, 15) is 17.6 Å². The molecule has 1 aromatic heterocycles. The van der Waals surface area contributed by atoms with Crippen LogP contribution in [0.5, 0.6) is 0 Å². The van der Waals surface area contributed by atoms with Crippen LogP contribution in [-0.4, -0.2) is 43.2 Å². The van der Waals surface area contributed by atoms with Crippen molar-refractivity contribution in [3.05, 3.63) is 24.1 Å². The Labute approximate surface area is 123 Å². The van der Waals surface area contributed by atoms with Gasteiger partial charge in [-0.05, 0) is 30.9 Å². The molecule has 0 saturated carbocycles. The summed E-state index contributed by atoms with van der Waals surface area (Å²) in [7, 11) is -3.89. The maximum absolute atomic E-state index is 13.6. The highest BCUT2D eigenvalue weighted by Gasteiger charge is 2.32.